The fourth-order valence-electron chi connectivity index (χ4n) is 2.38. The summed E-state index contributed by atoms with van der Waals surface area (Å²) in [4.78, 5) is 36.4. The van der Waals surface area contributed by atoms with Gasteiger partial charge in [-0.15, -0.1) is 0 Å². The molecule has 0 spiro atoms. The van der Waals surface area contributed by atoms with Crippen LogP contribution < -0.4 is 14.8 Å². The predicted molar refractivity (Wildman–Crippen MR) is 98.3 cm³/mol. The number of ether oxygens (including phenoxy) is 3. The molecule has 2 rings (SSSR count). The van der Waals surface area contributed by atoms with Gasteiger partial charge in [0.15, 0.2) is 6.10 Å². The molecule has 0 unspecified atom stereocenters. The number of esters is 1. The summed E-state index contributed by atoms with van der Waals surface area (Å²) in [6.45, 7) is -2.25. The Kier molecular flexibility index (Phi) is 7.64. The van der Waals surface area contributed by atoms with Gasteiger partial charge in [0, 0.05) is 5.56 Å². The van der Waals surface area contributed by atoms with Crippen molar-refractivity contribution in [3.8, 4) is 11.5 Å². The molecular weight excluding hydrogens is 388 g/mol. The fourth-order valence-corrected chi connectivity index (χ4v) is 2.38. The van der Waals surface area contributed by atoms with Gasteiger partial charge in [-0.25, -0.2) is 0 Å². The molecule has 0 heterocycles. The molecule has 1 atom stereocenters. The van der Waals surface area contributed by atoms with Crippen LogP contribution in [0.25, 0.3) is 0 Å². The number of nitrogens with one attached hydrogen (secondary N) is 1. The molecule has 29 heavy (non-hydrogen) atoms. The van der Waals surface area contributed by atoms with Crippen LogP contribution in [0.15, 0.2) is 48.5 Å². The quantitative estimate of drug-likeness (QED) is 0.508. The van der Waals surface area contributed by atoms with E-state index in [-0.39, 0.29) is 11.3 Å². The minimum absolute atomic E-state index is 0.164. The number of benzene rings is 2. The fraction of sp³-hybridized carbons (Fsp3) is 0.250. The lowest BCUT2D eigenvalue weighted by molar-refractivity contribution is -0.145. The summed E-state index contributed by atoms with van der Waals surface area (Å²) >= 11 is 0. The van der Waals surface area contributed by atoms with Crippen molar-refractivity contribution in [1.82, 2.24) is 5.32 Å². The van der Waals surface area contributed by atoms with E-state index in [0.29, 0.717) is 11.3 Å². The zero-order chi connectivity index (χ0) is 21.4. The van der Waals surface area contributed by atoms with E-state index in [2.05, 4.69) is 10.1 Å². The van der Waals surface area contributed by atoms with Crippen LogP contribution in [-0.4, -0.2) is 44.0 Å². The first-order valence-electron chi connectivity index (χ1n) is 8.51. The maximum Gasteiger partial charge on any atom is 0.387 e. The molecule has 0 saturated carbocycles. The van der Waals surface area contributed by atoms with Gasteiger partial charge < -0.3 is 19.5 Å². The Hall–Kier alpha value is -3.49. The molecule has 0 aliphatic carbocycles. The zero-order valence-corrected chi connectivity index (χ0v) is 15.7. The highest BCUT2D eigenvalue weighted by molar-refractivity contribution is 6.01. The topological polar surface area (TPSA) is 90.9 Å². The minimum atomic E-state index is -3.10. The van der Waals surface area contributed by atoms with Gasteiger partial charge in [0.05, 0.1) is 12.7 Å². The van der Waals surface area contributed by atoms with Crippen LogP contribution in [0.1, 0.15) is 27.6 Å². The van der Waals surface area contributed by atoms with Gasteiger partial charge in [-0.05, 0) is 43.3 Å². The molecule has 1 amide bonds. The SMILES string of the molecule is COc1ccc(C(=O)[C@H](C)OC(=O)CNC(=O)c2ccccc2OC(F)F)cc1. The Balaban J connectivity index is 1.90. The average molecular weight is 407 g/mol. The van der Waals surface area contributed by atoms with Crippen LogP contribution in [-0.2, 0) is 9.53 Å². The van der Waals surface area contributed by atoms with Crippen molar-refractivity contribution in [1.29, 1.82) is 0 Å². The number of para-hydroxylation sites is 1. The number of carbonyl (C=O) groups excluding carboxylic acids is 3. The maximum atomic E-state index is 12.4. The van der Waals surface area contributed by atoms with Crippen LogP contribution in [0, 0.1) is 0 Å². The Morgan fingerprint density at radius 1 is 1.03 bits per heavy atom. The number of alkyl halides is 2. The Bertz CT molecular complexity index is 870. The van der Waals surface area contributed by atoms with Crippen LogP contribution in [0.3, 0.4) is 0 Å². The first kappa shape index (κ1) is 21.8. The largest absolute Gasteiger partial charge is 0.497 e. The third-order valence-corrected chi connectivity index (χ3v) is 3.79. The van der Waals surface area contributed by atoms with E-state index in [1.807, 2.05) is 0 Å². The molecule has 0 bridgehead atoms. The van der Waals surface area contributed by atoms with Crippen LogP contribution >= 0.6 is 0 Å². The van der Waals surface area contributed by atoms with Crippen LogP contribution in [0.2, 0.25) is 0 Å². The van der Waals surface area contributed by atoms with Crippen LogP contribution in [0.5, 0.6) is 11.5 Å². The molecule has 0 aromatic heterocycles. The summed E-state index contributed by atoms with van der Waals surface area (Å²) < 4.78 is 39.1. The molecule has 7 nitrogen and oxygen atoms in total. The van der Waals surface area contributed by atoms with E-state index < -0.39 is 36.9 Å². The van der Waals surface area contributed by atoms with Crippen molar-refractivity contribution in [2.24, 2.45) is 0 Å². The van der Waals surface area contributed by atoms with E-state index >= 15 is 0 Å². The Labute approximate surface area is 165 Å². The smallest absolute Gasteiger partial charge is 0.387 e. The summed E-state index contributed by atoms with van der Waals surface area (Å²) in [5, 5.41) is 2.25. The van der Waals surface area contributed by atoms with Gasteiger partial charge in [-0.3, -0.25) is 14.4 Å². The second-order valence-electron chi connectivity index (χ2n) is 5.78. The lowest BCUT2D eigenvalue weighted by atomic mass is 10.1. The second-order valence-corrected chi connectivity index (χ2v) is 5.78. The number of amides is 1. The van der Waals surface area contributed by atoms with Crippen LogP contribution in [0.4, 0.5) is 8.78 Å². The van der Waals surface area contributed by atoms with Gasteiger partial charge in [-0.2, -0.15) is 8.78 Å². The highest BCUT2D eigenvalue weighted by Gasteiger charge is 2.21. The predicted octanol–water partition coefficient (Wildman–Crippen LogP) is 2.84. The van der Waals surface area contributed by atoms with E-state index in [4.69, 9.17) is 9.47 Å². The Morgan fingerprint density at radius 2 is 1.69 bits per heavy atom. The second kappa shape index (κ2) is 10.2. The molecule has 0 fully saturated rings. The standard InChI is InChI=1S/C20H19F2NO6/c1-12(18(25)13-7-9-14(27-2)10-8-13)28-17(24)11-23-19(26)15-5-3-4-6-16(15)29-20(21)22/h3-10,12,20H,11H2,1-2H3,(H,23,26)/t12-/m0/s1. The number of hydrogen-bond acceptors (Lipinski definition) is 6. The molecule has 0 radical (unpaired) electrons. The number of hydrogen-bond donors (Lipinski definition) is 1. The number of rotatable bonds is 9. The first-order chi connectivity index (χ1) is 13.8. The molecule has 9 heteroatoms. The molecule has 0 aliphatic rings. The van der Waals surface area contributed by atoms with E-state index in [0.717, 1.165) is 0 Å². The summed E-state index contributed by atoms with van der Waals surface area (Å²) in [5.74, 6) is -1.84. The highest BCUT2D eigenvalue weighted by Crippen LogP contribution is 2.20. The molecule has 2 aromatic rings. The molecule has 0 aliphatic heterocycles. The van der Waals surface area contributed by atoms with Gasteiger partial charge in [-0.1, -0.05) is 12.1 Å². The van der Waals surface area contributed by atoms with E-state index in [1.165, 1.54) is 50.4 Å². The lowest BCUT2D eigenvalue weighted by Gasteiger charge is -2.14. The normalized spacial score (nSPS) is 11.5. The minimum Gasteiger partial charge on any atom is -0.497 e. The van der Waals surface area contributed by atoms with Crippen molar-refractivity contribution in [3.63, 3.8) is 0 Å². The third-order valence-electron chi connectivity index (χ3n) is 3.79. The van der Waals surface area contributed by atoms with E-state index in [1.54, 1.807) is 12.1 Å². The van der Waals surface area contributed by atoms with Crippen molar-refractivity contribution >= 4 is 17.7 Å². The number of carbonyl (C=O) groups is 3. The number of halogens is 2. The number of Topliss-reactive ketones (excluding diaryl/α,β-unsaturated/α-hetero) is 1. The van der Waals surface area contributed by atoms with Gasteiger partial charge in [0.2, 0.25) is 5.78 Å². The van der Waals surface area contributed by atoms with Gasteiger partial charge in [0.1, 0.15) is 18.0 Å². The third kappa shape index (κ3) is 6.27. The zero-order valence-electron chi connectivity index (χ0n) is 15.7. The van der Waals surface area contributed by atoms with E-state index in [9.17, 15) is 23.2 Å². The van der Waals surface area contributed by atoms with Crippen molar-refractivity contribution in [3.05, 3.63) is 59.7 Å². The highest BCUT2D eigenvalue weighted by atomic mass is 19.3. The molecule has 1 N–H and O–H groups in total. The summed E-state index contributed by atoms with van der Waals surface area (Å²) in [5.41, 5.74) is 0.163. The van der Waals surface area contributed by atoms with Crippen molar-refractivity contribution in [2.45, 2.75) is 19.6 Å². The van der Waals surface area contributed by atoms with Gasteiger partial charge in [0.25, 0.3) is 5.91 Å². The summed E-state index contributed by atoms with van der Waals surface area (Å²) in [6, 6.07) is 11.6. The summed E-state index contributed by atoms with van der Waals surface area (Å²) in [6.07, 6.45) is -1.08. The average Bonchev–Trinajstić information content (AvgIpc) is 2.71. The monoisotopic (exact) mass is 407 g/mol. The summed E-state index contributed by atoms with van der Waals surface area (Å²) in [7, 11) is 1.49. The van der Waals surface area contributed by atoms with Gasteiger partial charge >= 0.3 is 12.6 Å². The Morgan fingerprint density at radius 3 is 2.31 bits per heavy atom. The molecule has 154 valence electrons. The number of ketones is 1. The lowest BCUT2D eigenvalue weighted by Crippen LogP contribution is -2.34. The molecule has 0 saturated heterocycles. The number of methoxy groups -OCH3 is 1. The molecule has 2 aromatic carbocycles. The first-order valence-corrected chi connectivity index (χ1v) is 8.51. The van der Waals surface area contributed by atoms with Crippen molar-refractivity contribution < 1.29 is 37.4 Å². The maximum absolute atomic E-state index is 12.4. The molecular formula is C20H19F2NO6. The van der Waals surface area contributed by atoms with Crippen molar-refractivity contribution in [2.75, 3.05) is 13.7 Å².